The Kier molecular flexibility index (Phi) is 2.90. The summed E-state index contributed by atoms with van der Waals surface area (Å²) in [5, 5.41) is 0. The molecule has 0 aliphatic heterocycles. The molecule has 0 nitrogen and oxygen atoms in total. The number of hydrogen-bond donors (Lipinski definition) is 0. The summed E-state index contributed by atoms with van der Waals surface area (Å²) in [4.78, 5) is 0. The zero-order chi connectivity index (χ0) is 8.93. The fourth-order valence-electron chi connectivity index (χ4n) is 1.29. The molecule has 1 heteroatoms. The van der Waals surface area contributed by atoms with Crippen LogP contribution in [0, 0.1) is 0 Å². The Bertz CT molecular complexity index is 316. The van der Waals surface area contributed by atoms with E-state index >= 15 is 0 Å². The Balaban J connectivity index is 2.16. The second-order valence-corrected chi connectivity index (χ2v) is 6.37. The van der Waals surface area contributed by atoms with Crippen molar-refractivity contribution < 1.29 is 0 Å². The van der Waals surface area contributed by atoms with E-state index < -0.39 is 17.4 Å². The minimum atomic E-state index is -0.392. The SMILES string of the molecule is c1cc[c]([Ga][c]2ccccc2)cc1. The first-order valence-electron chi connectivity index (χ1n) is 4.40. The van der Waals surface area contributed by atoms with Crippen LogP contribution in [-0.4, -0.2) is 17.4 Å². The molecule has 61 valence electrons. The van der Waals surface area contributed by atoms with Crippen LogP contribution in [0.2, 0.25) is 0 Å². The van der Waals surface area contributed by atoms with Gasteiger partial charge in [-0.1, -0.05) is 0 Å². The van der Waals surface area contributed by atoms with Crippen molar-refractivity contribution in [1.82, 2.24) is 0 Å². The summed E-state index contributed by atoms with van der Waals surface area (Å²) >= 11 is -0.392. The van der Waals surface area contributed by atoms with Crippen LogP contribution >= 0.6 is 0 Å². The van der Waals surface area contributed by atoms with Crippen molar-refractivity contribution in [3.05, 3.63) is 60.7 Å². The molecule has 0 bridgehead atoms. The molecule has 1 radical (unpaired) electrons. The maximum atomic E-state index is 2.23. The van der Waals surface area contributed by atoms with Crippen molar-refractivity contribution >= 4 is 25.6 Å². The molecule has 2 aromatic rings. The molecular weight excluding hydrogens is 214 g/mol. The first kappa shape index (κ1) is 8.66. The van der Waals surface area contributed by atoms with Gasteiger partial charge in [0.25, 0.3) is 0 Å². The van der Waals surface area contributed by atoms with Crippen molar-refractivity contribution in [2.24, 2.45) is 0 Å². The van der Waals surface area contributed by atoms with Crippen LogP contribution in [0.1, 0.15) is 0 Å². The zero-order valence-corrected chi connectivity index (χ0v) is 9.77. The normalized spacial score (nSPS) is 9.54. The van der Waals surface area contributed by atoms with E-state index in [2.05, 4.69) is 60.7 Å². The van der Waals surface area contributed by atoms with Crippen LogP contribution in [-0.2, 0) is 0 Å². The summed E-state index contributed by atoms with van der Waals surface area (Å²) in [5.74, 6) is 0. The van der Waals surface area contributed by atoms with Gasteiger partial charge in [0.1, 0.15) is 0 Å². The van der Waals surface area contributed by atoms with Crippen LogP contribution in [0.4, 0.5) is 0 Å². The van der Waals surface area contributed by atoms with E-state index in [1.54, 1.807) is 0 Å². The van der Waals surface area contributed by atoms with Gasteiger partial charge >= 0.3 is 86.3 Å². The summed E-state index contributed by atoms with van der Waals surface area (Å²) in [5.41, 5.74) is 0. The molecule has 0 atom stereocenters. The first-order chi connectivity index (χ1) is 6.45. The Hall–Kier alpha value is -0.924. The molecule has 2 rings (SSSR count). The zero-order valence-electron chi connectivity index (χ0n) is 7.35. The van der Waals surface area contributed by atoms with Crippen molar-refractivity contribution in [3.63, 3.8) is 0 Å². The van der Waals surface area contributed by atoms with E-state index in [0.717, 1.165) is 0 Å². The maximum absolute atomic E-state index is 2.23. The number of benzene rings is 2. The van der Waals surface area contributed by atoms with Crippen LogP contribution < -0.4 is 8.24 Å². The van der Waals surface area contributed by atoms with Gasteiger partial charge in [0, 0.05) is 0 Å². The third-order valence-electron chi connectivity index (χ3n) is 1.93. The fraction of sp³-hybridized carbons (Fsp3) is 0. The monoisotopic (exact) mass is 223 g/mol. The van der Waals surface area contributed by atoms with Gasteiger partial charge in [0.15, 0.2) is 0 Å². The molecule has 2 aromatic carbocycles. The number of hydrogen-bond acceptors (Lipinski definition) is 0. The second-order valence-electron chi connectivity index (χ2n) is 2.97. The molecule has 0 saturated carbocycles. The van der Waals surface area contributed by atoms with E-state index in [0.29, 0.717) is 0 Å². The van der Waals surface area contributed by atoms with Gasteiger partial charge in [-0.05, 0) is 0 Å². The van der Waals surface area contributed by atoms with Gasteiger partial charge in [-0.15, -0.1) is 0 Å². The summed E-state index contributed by atoms with van der Waals surface area (Å²) in [7, 11) is 0. The first-order valence-corrected chi connectivity index (χ1v) is 6.82. The Morgan fingerprint density at radius 3 is 1.31 bits per heavy atom. The topological polar surface area (TPSA) is 0 Å². The molecular formula is C12H10Ga. The predicted octanol–water partition coefficient (Wildman–Crippen LogP) is 1.34. The van der Waals surface area contributed by atoms with Crippen molar-refractivity contribution in [3.8, 4) is 0 Å². The molecule has 0 aromatic heterocycles. The van der Waals surface area contributed by atoms with E-state index in [4.69, 9.17) is 0 Å². The van der Waals surface area contributed by atoms with Crippen molar-refractivity contribution in [2.75, 3.05) is 0 Å². The van der Waals surface area contributed by atoms with Gasteiger partial charge in [-0.25, -0.2) is 0 Å². The Morgan fingerprint density at radius 1 is 0.538 bits per heavy atom. The van der Waals surface area contributed by atoms with E-state index in [1.165, 1.54) is 8.24 Å². The third kappa shape index (κ3) is 2.51. The second kappa shape index (κ2) is 4.35. The average molecular weight is 224 g/mol. The summed E-state index contributed by atoms with van der Waals surface area (Å²) in [6, 6.07) is 21.5. The van der Waals surface area contributed by atoms with Crippen LogP contribution in [0.25, 0.3) is 0 Å². The van der Waals surface area contributed by atoms with E-state index in [1.807, 2.05) is 0 Å². The van der Waals surface area contributed by atoms with Gasteiger partial charge in [0.2, 0.25) is 0 Å². The van der Waals surface area contributed by atoms with Gasteiger partial charge in [-0.3, -0.25) is 0 Å². The molecule has 13 heavy (non-hydrogen) atoms. The third-order valence-corrected chi connectivity index (χ3v) is 4.95. The van der Waals surface area contributed by atoms with Crippen LogP contribution in [0.3, 0.4) is 0 Å². The van der Waals surface area contributed by atoms with E-state index in [-0.39, 0.29) is 0 Å². The van der Waals surface area contributed by atoms with E-state index in [9.17, 15) is 0 Å². The van der Waals surface area contributed by atoms with Crippen molar-refractivity contribution in [2.45, 2.75) is 0 Å². The molecule has 0 aliphatic rings. The molecule has 0 saturated heterocycles. The Labute approximate surface area is 86.4 Å². The molecule has 0 fully saturated rings. The Morgan fingerprint density at radius 2 is 0.923 bits per heavy atom. The summed E-state index contributed by atoms with van der Waals surface area (Å²) in [6.07, 6.45) is 0. The average Bonchev–Trinajstić information content (AvgIpc) is 2.21. The van der Waals surface area contributed by atoms with Gasteiger partial charge < -0.3 is 0 Å². The molecule has 0 N–H and O–H groups in total. The van der Waals surface area contributed by atoms with Crippen LogP contribution in [0.5, 0.6) is 0 Å². The van der Waals surface area contributed by atoms with Crippen LogP contribution in [0.15, 0.2) is 60.7 Å². The summed E-state index contributed by atoms with van der Waals surface area (Å²) < 4.78 is 3.05. The predicted molar refractivity (Wildman–Crippen MR) is 57.9 cm³/mol. The summed E-state index contributed by atoms with van der Waals surface area (Å²) in [6.45, 7) is 0. The molecule has 0 heterocycles. The quantitative estimate of drug-likeness (QED) is 0.675. The molecule has 0 unspecified atom stereocenters. The van der Waals surface area contributed by atoms with Gasteiger partial charge in [-0.2, -0.15) is 0 Å². The van der Waals surface area contributed by atoms with Crippen molar-refractivity contribution in [1.29, 1.82) is 0 Å². The number of rotatable bonds is 2. The van der Waals surface area contributed by atoms with Gasteiger partial charge in [0.05, 0.1) is 0 Å². The molecule has 0 spiro atoms. The minimum absolute atomic E-state index is 0.392. The fourth-order valence-corrected chi connectivity index (χ4v) is 3.84. The molecule has 0 amide bonds. The molecule has 0 aliphatic carbocycles. The standard InChI is InChI=1S/2C6H5.Ga/c2*1-2-4-6-5-3-1;/h2*1-5H;.